The highest BCUT2D eigenvalue weighted by Gasteiger charge is 2.42. The van der Waals surface area contributed by atoms with E-state index in [2.05, 4.69) is 42.3 Å². The summed E-state index contributed by atoms with van der Waals surface area (Å²) in [6, 6.07) is 2.42. The molecule has 1 heterocycles. The lowest BCUT2D eigenvalue weighted by molar-refractivity contribution is 0.0568. The largest absolute Gasteiger partial charge is 0.495 e. The molecular formula is C17H29N3O. The van der Waals surface area contributed by atoms with E-state index in [-0.39, 0.29) is 5.54 Å². The standard InChI is InChI=1S/C17H29N3O/c1-5-19-16(14-11-15(21-4)13-18-12-14)17(20(2)3)9-7-6-8-10-17/h11-13,16,19H,5-10H2,1-4H3. The van der Waals surface area contributed by atoms with Crippen molar-refractivity contribution in [3.05, 3.63) is 24.0 Å². The van der Waals surface area contributed by atoms with Crippen molar-refractivity contribution >= 4 is 0 Å². The third-order valence-corrected chi connectivity index (χ3v) is 4.86. The third kappa shape index (κ3) is 3.38. The molecule has 1 aliphatic rings. The molecule has 0 amide bonds. The fourth-order valence-electron chi connectivity index (χ4n) is 3.69. The predicted molar refractivity (Wildman–Crippen MR) is 86.7 cm³/mol. The second-order valence-corrected chi connectivity index (χ2v) is 6.21. The molecular weight excluding hydrogens is 262 g/mol. The summed E-state index contributed by atoms with van der Waals surface area (Å²) in [4.78, 5) is 6.78. The summed E-state index contributed by atoms with van der Waals surface area (Å²) in [6.07, 6.45) is 10.2. The molecule has 0 bridgehead atoms. The van der Waals surface area contributed by atoms with E-state index in [0.717, 1.165) is 12.3 Å². The predicted octanol–water partition coefficient (Wildman–Crippen LogP) is 3.01. The van der Waals surface area contributed by atoms with Crippen molar-refractivity contribution in [2.45, 2.75) is 50.6 Å². The van der Waals surface area contributed by atoms with Gasteiger partial charge >= 0.3 is 0 Å². The molecule has 21 heavy (non-hydrogen) atoms. The SMILES string of the molecule is CCNC(c1cncc(OC)c1)C1(N(C)C)CCCCC1. The minimum atomic E-state index is 0.169. The van der Waals surface area contributed by atoms with Crippen molar-refractivity contribution in [3.63, 3.8) is 0 Å². The molecule has 1 unspecified atom stereocenters. The van der Waals surface area contributed by atoms with E-state index in [1.165, 1.54) is 37.7 Å². The van der Waals surface area contributed by atoms with Crippen molar-refractivity contribution < 1.29 is 4.74 Å². The van der Waals surface area contributed by atoms with Gasteiger partial charge in [0.05, 0.1) is 19.3 Å². The van der Waals surface area contributed by atoms with Gasteiger partial charge in [0.2, 0.25) is 0 Å². The van der Waals surface area contributed by atoms with Gasteiger partial charge in [0, 0.05) is 11.7 Å². The highest BCUT2D eigenvalue weighted by molar-refractivity contribution is 5.29. The molecule has 0 aromatic carbocycles. The van der Waals surface area contributed by atoms with Crippen molar-refractivity contribution in [2.24, 2.45) is 0 Å². The molecule has 1 aromatic rings. The lowest BCUT2D eigenvalue weighted by Crippen LogP contribution is -2.54. The van der Waals surface area contributed by atoms with E-state index < -0.39 is 0 Å². The number of aromatic nitrogens is 1. The highest BCUT2D eigenvalue weighted by atomic mass is 16.5. The Morgan fingerprint density at radius 2 is 2.00 bits per heavy atom. The first kappa shape index (κ1) is 16.2. The number of hydrogen-bond acceptors (Lipinski definition) is 4. The third-order valence-electron chi connectivity index (χ3n) is 4.86. The molecule has 1 fully saturated rings. The normalized spacial score (nSPS) is 19.5. The number of nitrogens with one attached hydrogen (secondary N) is 1. The van der Waals surface area contributed by atoms with Crippen LogP contribution in [0.2, 0.25) is 0 Å². The summed E-state index contributed by atoms with van der Waals surface area (Å²) in [5, 5.41) is 3.70. The summed E-state index contributed by atoms with van der Waals surface area (Å²) in [5.74, 6) is 0.833. The first-order valence-electron chi connectivity index (χ1n) is 8.04. The van der Waals surface area contributed by atoms with Crippen LogP contribution in [0.25, 0.3) is 0 Å². The summed E-state index contributed by atoms with van der Waals surface area (Å²) in [6.45, 7) is 3.13. The van der Waals surface area contributed by atoms with Crippen LogP contribution in [-0.4, -0.2) is 43.2 Å². The molecule has 0 radical (unpaired) electrons. The Hall–Kier alpha value is -1.13. The van der Waals surface area contributed by atoms with E-state index in [4.69, 9.17) is 4.74 Å². The van der Waals surface area contributed by atoms with Crippen LogP contribution in [0.15, 0.2) is 18.5 Å². The monoisotopic (exact) mass is 291 g/mol. The van der Waals surface area contributed by atoms with Crippen LogP contribution in [0.4, 0.5) is 0 Å². The zero-order valence-electron chi connectivity index (χ0n) is 13.9. The summed E-state index contributed by atoms with van der Waals surface area (Å²) in [5.41, 5.74) is 1.40. The van der Waals surface area contributed by atoms with Gasteiger partial charge in [-0.25, -0.2) is 0 Å². The smallest absolute Gasteiger partial charge is 0.137 e. The number of nitrogens with zero attached hydrogens (tertiary/aromatic N) is 2. The topological polar surface area (TPSA) is 37.4 Å². The lowest BCUT2D eigenvalue weighted by atomic mass is 9.73. The van der Waals surface area contributed by atoms with Crippen molar-refractivity contribution in [2.75, 3.05) is 27.7 Å². The van der Waals surface area contributed by atoms with E-state index in [1.54, 1.807) is 13.3 Å². The second kappa shape index (κ2) is 7.23. The molecule has 4 nitrogen and oxygen atoms in total. The van der Waals surface area contributed by atoms with Crippen LogP contribution < -0.4 is 10.1 Å². The van der Waals surface area contributed by atoms with Crippen molar-refractivity contribution in [3.8, 4) is 5.75 Å². The van der Waals surface area contributed by atoms with Crippen molar-refractivity contribution in [1.82, 2.24) is 15.2 Å². The van der Waals surface area contributed by atoms with Gasteiger partial charge in [0.1, 0.15) is 5.75 Å². The number of pyridine rings is 1. The number of rotatable bonds is 6. The molecule has 0 spiro atoms. The van der Waals surface area contributed by atoms with E-state index >= 15 is 0 Å². The first-order chi connectivity index (χ1) is 10.1. The maximum absolute atomic E-state index is 5.36. The Labute approximate surface area is 128 Å². The molecule has 1 N–H and O–H groups in total. The minimum Gasteiger partial charge on any atom is -0.495 e. The average molecular weight is 291 g/mol. The molecule has 1 aromatic heterocycles. The maximum Gasteiger partial charge on any atom is 0.137 e. The van der Waals surface area contributed by atoms with E-state index in [1.807, 2.05) is 6.20 Å². The van der Waals surface area contributed by atoms with Crippen molar-refractivity contribution in [1.29, 1.82) is 0 Å². The van der Waals surface area contributed by atoms with Gasteiger partial charge in [-0.3, -0.25) is 4.98 Å². The number of hydrogen-bond donors (Lipinski definition) is 1. The molecule has 1 aliphatic carbocycles. The van der Waals surface area contributed by atoms with Crippen LogP contribution in [0.5, 0.6) is 5.75 Å². The fraction of sp³-hybridized carbons (Fsp3) is 0.706. The Kier molecular flexibility index (Phi) is 5.59. The van der Waals surface area contributed by atoms with Gasteiger partial charge in [-0.1, -0.05) is 26.2 Å². The highest BCUT2D eigenvalue weighted by Crippen LogP contribution is 2.42. The van der Waals surface area contributed by atoms with Crippen LogP contribution in [0.3, 0.4) is 0 Å². The van der Waals surface area contributed by atoms with Crippen LogP contribution in [-0.2, 0) is 0 Å². The van der Waals surface area contributed by atoms with Crippen LogP contribution in [0.1, 0.15) is 50.6 Å². The Bertz CT molecular complexity index is 441. The molecule has 0 saturated heterocycles. The second-order valence-electron chi connectivity index (χ2n) is 6.21. The summed E-state index contributed by atoms with van der Waals surface area (Å²) >= 11 is 0. The Balaban J connectivity index is 2.39. The Morgan fingerprint density at radius 1 is 1.29 bits per heavy atom. The lowest BCUT2D eigenvalue weighted by Gasteiger charge is -2.49. The molecule has 2 rings (SSSR count). The molecule has 1 saturated carbocycles. The van der Waals surface area contributed by atoms with Gasteiger partial charge in [0.25, 0.3) is 0 Å². The van der Waals surface area contributed by atoms with Gasteiger partial charge in [-0.05, 0) is 45.1 Å². The maximum atomic E-state index is 5.36. The number of methoxy groups -OCH3 is 1. The minimum absolute atomic E-state index is 0.169. The Morgan fingerprint density at radius 3 is 2.57 bits per heavy atom. The van der Waals surface area contributed by atoms with E-state index in [9.17, 15) is 0 Å². The van der Waals surface area contributed by atoms with Gasteiger partial charge in [-0.15, -0.1) is 0 Å². The zero-order chi connectivity index (χ0) is 15.3. The van der Waals surface area contributed by atoms with E-state index in [0.29, 0.717) is 6.04 Å². The number of ether oxygens (including phenoxy) is 1. The molecule has 118 valence electrons. The zero-order valence-corrected chi connectivity index (χ0v) is 13.9. The first-order valence-corrected chi connectivity index (χ1v) is 8.04. The van der Waals surface area contributed by atoms with Gasteiger partial charge < -0.3 is 15.0 Å². The quantitative estimate of drug-likeness (QED) is 0.874. The van der Waals surface area contributed by atoms with Gasteiger partial charge in [-0.2, -0.15) is 0 Å². The molecule has 1 atom stereocenters. The molecule has 0 aliphatic heterocycles. The van der Waals surface area contributed by atoms with Gasteiger partial charge in [0.15, 0.2) is 0 Å². The van der Waals surface area contributed by atoms with Crippen LogP contribution in [0, 0.1) is 0 Å². The summed E-state index contributed by atoms with van der Waals surface area (Å²) < 4.78 is 5.36. The molecule has 4 heteroatoms. The summed E-state index contributed by atoms with van der Waals surface area (Å²) in [7, 11) is 6.12. The fourth-order valence-corrected chi connectivity index (χ4v) is 3.69. The van der Waals surface area contributed by atoms with Crippen LogP contribution >= 0.6 is 0 Å². The average Bonchev–Trinajstić information content (AvgIpc) is 2.53. The number of likely N-dealkylation sites (N-methyl/N-ethyl adjacent to an activating group) is 2.